The van der Waals surface area contributed by atoms with Gasteiger partial charge in [-0.2, -0.15) is 0 Å². The second-order valence-electron chi connectivity index (χ2n) is 5.11. The molecule has 2 aromatic rings. The molecular weight excluding hydrogens is 371 g/mol. The molecule has 0 aromatic heterocycles. The zero-order valence-corrected chi connectivity index (χ0v) is 15.2. The molecule has 2 rings (SSSR count). The number of carbonyl (C=O) groups excluding carboxylic acids is 1. The summed E-state index contributed by atoms with van der Waals surface area (Å²) in [6.07, 6.45) is -0.00122. The molecule has 0 saturated heterocycles. The van der Waals surface area contributed by atoms with Gasteiger partial charge in [0.05, 0.1) is 4.90 Å². The molecule has 24 heavy (non-hydrogen) atoms. The summed E-state index contributed by atoms with van der Waals surface area (Å²) in [5.41, 5.74) is 1.47. The van der Waals surface area contributed by atoms with Crippen molar-refractivity contribution in [1.29, 1.82) is 0 Å². The predicted molar refractivity (Wildman–Crippen MR) is 96.1 cm³/mol. The average molecular weight is 387 g/mol. The molecule has 0 aliphatic rings. The molecule has 0 fully saturated rings. The molecule has 128 valence electrons. The highest BCUT2D eigenvalue weighted by atomic mass is 35.5. The van der Waals surface area contributed by atoms with Gasteiger partial charge in [-0.1, -0.05) is 29.3 Å². The molecule has 2 aromatic carbocycles. The first-order valence-corrected chi connectivity index (χ1v) is 9.33. The molecule has 2 N–H and O–H groups in total. The van der Waals surface area contributed by atoms with Gasteiger partial charge in [0, 0.05) is 28.7 Å². The minimum atomic E-state index is -3.67. The van der Waals surface area contributed by atoms with E-state index in [-0.39, 0.29) is 23.8 Å². The van der Waals surface area contributed by atoms with Crippen LogP contribution in [0.1, 0.15) is 12.0 Å². The minimum Gasteiger partial charge on any atom is -0.326 e. The van der Waals surface area contributed by atoms with Crippen molar-refractivity contribution >= 4 is 44.8 Å². The van der Waals surface area contributed by atoms with Crippen LogP contribution in [0, 0.1) is 6.92 Å². The molecule has 0 heterocycles. The van der Waals surface area contributed by atoms with E-state index in [1.807, 2.05) is 6.92 Å². The van der Waals surface area contributed by atoms with Crippen molar-refractivity contribution in [2.45, 2.75) is 18.2 Å². The fraction of sp³-hybridized carbons (Fsp3) is 0.188. The number of rotatable bonds is 6. The first-order chi connectivity index (χ1) is 11.3. The number of hydrogen-bond acceptors (Lipinski definition) is 3. The standard InChI is InChI=1S/C16H16Cl2N2O3S/c1-11-2-3-13(18)10-15(11)20-16(21)8-9-19-24(22,23)14-6-4-12(17)5-7-14/h2-7,10,19H,8-9H2,1H3,(H,20,21). The normalized spacial score (nSPS) is 11.3. The van der Waals surface area contributed by atoms with Gasteiger partial charge in [-0.25, -0.2) is 13.1 Å². The number of carbonyl (C=O) groups is 1. The van der Waals surface area contributed by atoms with Crippen LogP contribution in [0.15, 0.2) is 47.4 Å². The molecule has 0 spiro atoms. The lowest BCUT2D eigenvalue weighted by Gasteiger charge is -2.10. The minimum absolute atomic E-state index is 0.00122. The molecule has 0 aliphatic carbocycles. The van der Waals surface area contributed by atoms with Crippen LogP contribution in [-0.2, 0) is 14.8 Å². The number of sulfonamides is 1. The summed E-state index contributed by atoms with van der Waals surface area (Å²) in [5, 5.41) is 3.67. The van der Waals surface area contributed by atoms with Gasteiger partial charge in [0.1, 0.15) is 0 Å². The van der Waals surface area contributed by atoms with Gasteiger partial charge in [-0.05, 0) is 48.9 Å². The van der Waals surface area contributed by atoms with E-state index in [0.29, 0.717) is 15.7 Å². The molecule has 5 nitrogen and oxygen atoms in total. The highest BCUT2D eigenvalue weighted by Gasteiger charge is 2.14. The molecule has 8 heteroatoms. The third kappa shape index (κ3) is 5.21. The maximum atomic E-state index is 12.1. The van der Waals surface area contributed by atoms with Gasteiger partial charge in [-0.3, -0.25) is 4.79 Å². The molecule has 0 unspecified atom stereocenters. The van der Waals surface area contributed by atoms with E-state index in [0.717, 1.165) is 5.56 Å². The van der Waals surface area contributed by atoms with Crippen molar-refractivity contribution < 1.29 is 13.2 Å². The van der Waals surface area contributed by atoms with E-state index in [2.05, 4.69) is 10.0 Å². The summed E-state index contributed by atoms with van der Waals surface area (Å²) < 4.78 is 26.5. The Balaban J connectivity index is 1.90. The number of halogens is 2. The quantitative estimate of drug-likeness (QED) is 0.795. The largest absolute Gasteiger partial charge is 0.326 e. The first-order valence-electron chi connectivity index (χ1n) is 7.09. The number of nitrogens with one attached hydrogen (secondary N) is 2. The van der Waals surface area contributed by atoms with E-state index >= 15 is 0 Å². The second-order valence-corrected chi connectivity index (χ2v) is 7.75. The van der Waals surface area contributed by atoms with Gasteiger partial charge < -0.3 is 5.32 Å². The van der Waals surface area contributed by atoms with Crippen LogP contribution in [-0.4, -0.2) is 20.9 Å². The number of anilines is 1. The summed E-state index contributed by atoms with van der Waals surface area (Å²) in [4.78, 5) is 12.0. The summed E-state index contributed by atoms with van der Waals surface area (Å²) in [6, 6.07) is 11.0. The summed E-state index contributed by atoms with van der Waals surface area (Å²) >= 11 is 11.6. The van der Waals surface area contributed by atoms with E-state index in [9.17, 15) is 13.2 Å². The van der Waals surface area contributed by atoms with Crippen LogP contribution in [0.5, 0.6) is 0 Å². The molecule has 0 bridgehead atoms. The Kier molecular flexibility index (Phi) is 6.23. The van der Waals surface area contributed by atoms with Gasteiger partial charge in [0.25, 0.3) is 0 Å². The SMILES string of the molecule is Cc1ccc(Cl)cc1NC(=O)CCNS(=O)(=O)c1ccc(Cl)cc1. The molecular formula is C16H16Cl2N2O3S. The monoisotopic (exact) mass is 386 g/mol. The predicted octanol–water partition coefficient (Wildman–Crippen LogP) is 3.61. The summed E-state index contributed by atoms with van der Waals surface area (Å²) in [6.45, 7) is 1.82. The van der Waals surface area contributed by atoms with Crippen molar-refractivity contribution in [3.8, 4) is 0 Å². The van der Waals surface area contributed by atoms with Crippen molar-refractivity contribution in [2.24, 2.45) is 0 Å². The fourth-order valence-electron chi connectivity index (χ4n) is 1.94. The van der Waals surface area contributed by atoms with Gasteiger partial charge in [0.2, 0.25) is 15.9 Å². The first kappa shape index (κ1) is 18.7. The highest BCUT2D eigenvalue weighted by Crippen LogP contribution is 2.20. The van der Waals surface area contributed by atoms with Crippen LogP contribution in [0.2, 0.25) is 10.0 Å². The van der Waals surface area contributed by atoms with E-state index in [1.165, 1.54) is 24.3 Å². The fourth-order valence-corrected chi connectivity index (χ4v) is 3.27. The topological polar surface area (TPSA) is 75.3 Å². The second kappa shape index (κ2) is 7.98. The summed E-state index contributed by atoms with van der Waals surface area (Å²) in [7, 11) is -3.67. The lowest BCUT2D eigenvalue weighted by atomic mass is 10.2. The number of hydrogen-bond donors (Lipinski definition) is 2. The van der Waals surface area contributed by atoms with Crippen molar-refractivity contribution in [3.05, 3.63) is 58.1 Å². The summed E-state index contributed by atoms with van der Waals surface area (Å²) in [5.74, 6) is -0.306. The van der Waals surface area contributed by atoms with Crippen molar-refractivity contribution in [3.63, 3.8) is 0 Å². The van der Waals surface area contributed by atoms with E-state index in [1.54, 1.807) is 18.2 Å². The van der Waals surface area contributed by atoms with Crippen molar-refractivity contribution in [2.75, 3.05) is 11.9 Å². The van der Waals surface area contributed by atoms with Crippen molar-refractivity contribution in [1.82, 2.24) is 4.72 Å². The van der Waals surface area contributed by atoms with Crippen LogP contribution in [0.3, 0.4) is 0 Å². The van der Waals surface area contributed by atoms with E-state index in [4.69, 9.17) is 23.2 Å². The number of benzene rings is 2. The maximum absolute atomic E-state index is 12.1. The zero-order valence-electron chi connectivity index (χ0n) is 12.8. The van der Waals surface area contributed by atoms with E-state index < -0.39 is 10.0 Å². The lowest BCUT2D eigenvalue weighted by Crippen LogP contribution is -2.27. The Labute approximate surface area is 151 Å². The molecule has 1 amide bonds. The molecule has 0 atom stereocenters. The molecule has 0 aliphatic heterocycles. The number of aryl methyl sites for hydroxylation is 1. The Morgan fingerprint density at radius 1 is 1.04 bits per heavy atom. The van der Waals surface area contributed by atoms with Gasteiger partial charge >= 0.3 is 0 Å². The Morgan fingerprint density at radius 3 is 2.33 bits per heavy atom. The molecule has 0 radical (unpaired) electrons. The average Bonchev–Trinajstić information content (AvgIpc) is 2.51. The third-order valence-corrected chi connectivity index (χ3v) is 5.21. The van der Waals surface area contributed by atoms with Gasteiger partial charge in [-0.15, -0.1) is 0 Å². The van der Waals surface area contributed by atoms with Crippen LogP contribution < -0.4 is 10.0 Å². The number of amides is 1. The Bertz CT molecular complexity index is 837. The smallest absolute Gasteiger partial charge is 0.240 e. The van der Waals surface area contributed by atoms with Crippen LogP contribution in [0.4, 0.5) is 5.69 Å². The van der Waals surface area contributed by atoms with Crippen LogP contribution in [0.25, 0.3) is 0 Å². The lowest BCUT2D eigenvalue weighted by molar-refractivity contribution is -0.116. The Hall–Kier alpha value is -1.60. The van der Waals surface area contributed by atoms with Gasteiger partial charge in [0.15, 0.2) is 0 Å². The highest BCUT2D eigenvalue weighted by molar-refractivity contribution is 7.89. The van der Waals surface area contributed by atoms with Crippen LogP contribution >= 0.6 is 23.2 Å². The Morgan fingerprint density at radius 2 is 1.67 bits per heavy atom. The third-order valence-electron chi connectivity index (χ3n) is 3.24. The maximum Gasteiger partial charge on any atom is 0.240 e. The zero-order chi connectivity index (χ0) is 17.7. The molecule has 0 saturated carbocycles.